The summed E-state index contributed by atoms with van der Waals surface area (Å²) in [6.07, 6.45) is -4.36. The molecule has 1 saturated heterocycles. The van der Waals surface area contributed by atoms with Crippen molar-refractivity contribution < 1.29 is 22.8 Å². The average molecular weight is 332 g/mol. The van der Waals surface area contributed by atoms with Gasteiger partial charge in [-0.15, -0.1) is 0 Å². The summed E-state index contributed by atoms with van der Waals surface area (Å²) in [5.41, 5.74) is -0.562. The number of thioether (sulfide) groups is 1. The van der Waals surface area contributed by atoms with Gasteiger partial charge in [0, 0.05) is 11.8 Å². The summed E-state index contributed by atoms with van der Waals surface area (Å²) in [6.45, 7) is 1.63. The molecular formula is C14H15F3N2O2S. The van der Waals surface area contributed by atoms with Gasteiger partial charge < -0.3 is 10.6 Å². The Morgan fingerprint density at radius 3 is 2.73 bits per heavy atom. The molecule has 0 aliphatic carbocycles. The number of hydrogen-bond acceptors (Lipinski definition) is 3. The molecule has 1 aliphatic rings. The van der Waals surface area contributed by atoms with Crippen molar-refractivity contribution in [2.45, 2.75) is 31.6 Å². The van der Waals surface area contributed by atoms with Crippen molar-refractivity contribution in [2.24, 2.45) is 0 Å². The topological polar surface area (TPSA) is 58.2 Å². The van der Waals surface area contributed by atoms with Gasteiger partial charge in [0.25, 0.3) is 5.24 Å². The molecule has 1 aliphatic heterocycles. The van der Waals surface area contributed by atoms with Gasteiger partial charge in [0.15, 0.2) is 0 Å². The Balaban J connectivity index is 1.99. The van der Waals surface area contributed by atoms with E-state index < -0.39 is 23.8 Å². The Morgan fingerprint density at radius 2 is 2.14 bits per heavy atom. The first-order valence-corrected chi connectivity index (χ1v) is 7.64. The smallest absolute Gasteiger partial charge is 0.352 e. The Labute approximate surface area is 129 Å². The van der Waals surface area contributed by atoms with Crippen LogP contribution in [0.4, 0.5) is 18.0 Å². The third-order valence-electron chi connectivity index (χ3n) is 3.23. The summed E-state index contributed by atoms with van der Waals surface area (Å²) in [7, 11) is 0. The molecule has 0 aromatic heterocycles. The Bertz CT molecular complexity index is 577. The summed E-state index contributed by atoms with van der Waals surface area (Å²) in [6, 6.07) is 4.20. The molecular weight excluding hydrogens is 317 g/mol. The number of carbonyl (C=O) groups is 2. The second-order valence-corrected chi connectivity index (χ2v) is 6.06. The number of amides is 2. The average Bonchev–Trinajstić information content (AvgIpc) is 2.84. The number of hydrogen-bond donors (Lipinski definition) is 2. The molecule has 2 amide bonds. The lowest BCUT2D eigenvalue weighted by molar-refractivity contribution is -0.138. The summed E-state index contributed by atoms with van der Waals surface area (Å²) >= 11 is 1.01. The Hall–Kier alpha value is -1.70. The highest BCUT2D eigenvalue weighted by Crippen LogP contribution is 2.32. The van der Waals surface area contributed by atoms with Crippen LogP contribution < -0.4 is 10.6 Å². The van der Waals surface area contributed by atoms with Crippen LogP contribution >= 0.6 is 11.8 Å². The van der Waals surface area contributed by atoms with Gasteiger partial charge >= 0.3 is 6.18 Å². The van der Waals surface area contributed by atoms with Crippen LogP contribution in [0.5, 0.6) is 0 Å². The highest BCUT2D eigenvalue weighted by atomic mass is 32.2. The van der Waals surface area contributed by atoms with Gasteiger partial charge in [0.2, 0.25) is 5.91 Å². The fourth-order valence-corrected chi connectivity index (χ4v) is 3.00. The van der Waals surface area contributed by atoms with Crippen molar-refractivity contribution in [3.05, 3.63) is 35.4 Å². The molecule has 0 spiro atoms. The first-order chi connectivity index (χ1) is 10.3. The summed E-state index contributed by atoms with van der Waals surface area (Å²) in [4.78, 5) is 22.9. The lowest BCUT2D eigenvalue weighted by atomic mass is 10.0. The van der Waals surface area contributed by atoms with E-state index in [-0.39, 0.29) is 23.1 Å². The largest absolute Gasteiger partial charge is 0.416 e. The van der Waals surface area contributed by atoms with Crippen LogP contribution in [0.1, 0.15) is 18.1 Å². The number of carbonyl (C=O) groups excluding carboxylic acids is 2. The van der Waals surface area contributed by atoms with Gasteiger partial charge in [0.1, 0.15) is 6.04 Å². The van der Waals surface area contributed by atoms with Crippen molar-refractivity contribution in [1.82, 2.24) is 10.6 Å². The first kappa shape index (κ1) is 16.7. The molecule has 2 N–H and O–H groups in total. The normalized spacial score (nSPS) is 19.6. The van der Waals surface area contributed by atoms with Gasteiger partial charge in [-0.3, -0.25) is 9.59 Å². The predicted octanol–water partition coefficient (Wildman–Crippen LogP) is 2.58. The van der Waals surface area contributed by atoms with Gasteiger partial charge in [-0.25, -0.2) is 0 Å². The van der Waals surface area contributed by atoms with E-state index in [0.29, 0.717) is 5.75 Å². The SMILES string of the molecule is C[C@H](Cc1ccccc1C(F)(F)F)NC(=O)[C@H]1CSC(=O)N1. The van der Waals surface area contributed by atoms with Gasteiger partial charge in [-0.1, -0.05) is 30.0 Å². The zero-order valence-electron chi connectivity index (χ0n) is 11.7. The van der Waals surface area contributed by atoms with Crippen LogP contribution in [0.15, 0.2) is 24.3 Å². The Morgan fingerprint density at radius 1 is 1.45 bits per heavy atom. The van der Waals surface area contributed by atoms with Crippen LogP contribution in [0, 0.1) is 0 Å². The molecule has 0 unspecified atom stereocenters. The molecule has 0 saturated carbocycles. The minimum Gasteiger partial charge on any atom is -0.352 e. The predicted molar refractivity (Wildman–Crippen MR) is 77.5 cm³/mol. The molecule has 2 atom stereocenters. The lowest BCUT2D eigenvalue weighted by Crippen LogP contribution is -2.46. The monoisotopic (exact) mass is 332 g/mol. The zero-order valence-corrected chi connectivity index (χ0v) is 12.6. The third kappa shape index (κ3) is 4.16. The molecule has 4 nitrogen and oxygen atoms in total. The van der Waals surface area contributed by atoms with Crippen LogP contribution in [0.2, 0.25) is 0 Å². The van der Waals surface area contributed by atoms with E-state index in [1.165, 1.54) is 18.2 Å². The molecule has 22 heavy (non-hydrogen) atoms. The molecule has 120 valence electrons. The van der Waals surface area contributed by atoms with Crippen molar-refractivity contribution in [2.75, 3.05) is 5.75 Å². The second kappa shape index (κ2) is 6.60. The van der Waals surface area contributed by atoms with Crippen molar-refractivity contribution in [3.63, 3.8) is 0 Å². The molecule has 1 heterocycles. The summed E-state index contributed by atoms with van der Waals surface area (Å²) < 4.78 is 38.7. The fourth-order valence-electron chi connectivity index (χ4n) is 2.23. The number of benzene rings is 1. The summed E-state index contributed by atoms with van der Waals surface area (Å²) in [5.74, 6) is -0.0494. The van der Waals surface area contributed by atoms with E-state index in [2.05, 4.69) is 10.6 Å². The maximum atomic E-state index is 12.9. The van der Waals surface area contributed by atoms with Crippen LogP contribution in [0.3, 0.4) is 0 Å². The number of rotatable bonds is 4. The third-order valence-corrected chi connectivity index (χ3v) is 4.11. The van der Waals surface area contributed by atoms with Crippen molar-refractivity contribution >= 4 is 22.9 Å². The number of halogens is 3. The fraction of sp³-hybridized carbons (Fsp3) is 0.429. The highest BCUT2D eigenvalue weighted by molar-refractivity contribution is 8.14. The van der Waals surface area contributed by atoms with E-state index in [4.69, 9.17) is 0 Å². The maximum absolute atomic E-state index is 12.9. The van der Waals surface area contributed by atoms with E-state index in [1.54, 1.807) is 6.92 Å². The molecule has 2 rings (SSSR count). The van der Waals surface area contributed by atoms with E-state index >= 15 is 0 Å². The molecule has 8 heteroatoms. The second-order valence-electron chi connectivity index (χ2n) is 5.06. The minimum absolute atomic E-state index is 0.0647. The molecule has 0 radical (unpaired) electrons. The zero-order chi connectivity index (χ0) is 16.3. The molecule has 1 aromatic rings. The minimum atomic E-state index is -4.42. The van der Waals surface area contributed by atoms with E-state index in [1.807, 2.05) is 0 Å². The molecule has 1 aromatic carbocycles. The van der Waals surface area contributed by atoms with E-state index in [0.717, 1.165) is 17.8 Å². The number of nitrogens with one attached hydrogen (secondary N) is 2. The van der Waals surface area contributed by atoms with Gasteiger partial charge in [-0.2, -0.15) is 13.2 Å². The van der Waals surface area contributed by atoms with Crippen molar-refractivity contribution in [3.8, 4) is 0 Å². The lowest BCUT2D eigenvalue weighted by Gasteiger charge is -2.19. The quantitative estimate of drug-likeness (QED) is 0.891. The van der Waals surface area contributed by atoms with Crippen LogP contribution in [-0.4, -0.2) is 29.0 Å². The first-order valence-electron chi connectivity index (χ1n) is 6.66. The van der Waals surface area contributed by atoms with Crippen molar-refractivity contribution in [1.29, 1.82) is 0 Å². The van der Waals surface area contributed by atoms with Gasteiger partial charge in [-0.05, 0) is 25.0 Å². The molecule has 1 fully saturated rings. The van der Waals surface area contributed by atoms with E-state index in [9.17, 15) is 22.8 Å². The highest BCUT2D eigenvalue weighted by Gasteiger charge is 2.33. The summed E-state index contributed by atoms with van der Waals surface area (Å²) in [5, 5.41) is 4.86. The number of alkyl halides is 3. The van der Waals surface area contributed by atoms with Gasteiger partial charge in [0.05, 0.1) is 5.56 Å². The van der Waals surface area contributed by atoms with Crippen LogP contribution in [-0.2, 0) is 17.4 Å². The van der Waals surface area contributed by atoms with Crippen LogP contribution in [0.25, 0.3) is 0 Å². The maximum Gasteiger partial charge on any atom is 0.416 e. The molecule has 0 bridgehead atoms. The standard InChI is InChI=1S/C14H15F3N2O2S/c1-8(18-12(20)11-7-22-13(21)19-11)6-9-4-2-3-5-10(9)14(15,16)17/h2-5,8,11H,6-7H2,1H3,(H,18,20)(H,19,21)/t8-,11-/m1/s1. The Kier molecular flexibility index (Phi) is 5.00.